The summed E-state index contributed by atoms with van der Waals surface area (Å²) in [5, 5.41) is 10.4. The van der Waals surface area contributed by atoms with E-state index in [-0.39, 0.29) is 11.9 Å². The summed E-state index contributed by atoms with van der Waals surface area (Å²) in [5.74, 6) is 0.0541. The van der Waals surface area contributed by atoms with Crippen molar-refractivity contribution in [1.29, 1.82) is 0 Å². The summed E-state index contributed by atoms with van der Waals surface area (Å²) in [6.45, 7) is 2.57. The molecule has 0 aliphatic carbocycles. The van der Waals surface area contributed by atoms with Gasteiger partial charge in [-0.15, -0.1) is 10.2 Å². The van der Waals surface area contributed by atoms with Crippen molar-refractivity contribution in [3.63, 3.8) is 0 Å². The van der Waals surface area contributed by atoms with E-state index in [2.05, 4.69) is 10.2 Å². The van der Waals surface area contributed by atoms with Crippen molar-refractivity contribution in [1.82, 2.24) is 10.2 Å². The number of aromatic nitrogens is 2. The number of amides is 1. The number of hydrogen-bond acceptors (Lipinski definition) is 5. The first-order valence-corrected chi connectivity index (χ1v) is 7.86. The fourth-order valence-corrected chi connectivity index (χ4v) is 3.43. The molecule has 1 aliphatic heterocycles. The number of hydrogen-bond donors (Lipinski definition) is 0. The van der Waals surface area contributed by atoms with Crippen molar-refractivity contribution in [3.05, 3.63) is 34.3 Å². The van der Waals surface area contributed by atoms with Gasteiger partial charge in [-0.3, -0.25) is 4.79 Å². The third kappa shape index (κ3) is 2.61. The minimum atomic E-state index is -0.214. The summed E-state index contributed by atoms with van der Waals surface area (Å²) in [6, 6.07) is 7.21. The highest BCUT2D eigenvalue weighted by molar-refractivity contribution is 7.15. The van der Waals surface area contributed by atoms with E-state index in [4.69, 9.17) is 11.6 Å². The lowest BCUT2D eigenvalue weighted by Gasteiger charge is -2.23. The maximum Gasteiger partial charge on any atom is 0.249 e. The summed E-state index contributed by atoms with van der Waals surface area (Å²) >= 11 is 7.68. The van der Waals surface area contributed by atoms with Crippen LogP contribution in [-0.2, 0) is 4.79 Å². The Kier molecular flexibility index (Phi) is 3.82. The molecule has 7 heteroatoms. The normalized spacial score (nSPS) is 18.3. The molecule has 0 N–H and O–H groups in total. The average molecular weight is 323 g/mol. The summed E-state index contributed by atoms with van der Waals surface area (Å²) < 4.78 is 0. The lowest BCUT2D eigenvalue weighted by atomic mass is 10.2. The first kappa shape index (κ1) is 14.3. The van der Waals surface area contributed by atoms with Crippen LogP contribution in [0.4, 0.5) is 10.8 Å². The molecule has 1 atom stereocenters. The summed E-state index contributed by atoms with van der Waals surface area (Å²) in [7, 11) is 1.89. The van der Waals surface area contributed by atoms with Crippen LogP contribution in [-0.4, -0.2) is 35.7 Å². The summed E-state index contributed by atoms with van der Waals surface area (Å²) in [6.07, 6.45) is 0.749. The van der Waals surface area contributed by atoms with Gasteiger partial charge >= 0.3 is 0 Å². The lowest BCUT2D eigenvalue weighted by molar-refractivity contribution is -0.118. The SMILES string of the molecule is Cc1nnc(N(C)[C@@H]2CCN(c3ccccc3Cl)C2=O)s1. The Labute approximate surface area is 132 Å². The van der Waals surface area contributed by atoms with E-state index in [1.165, 1.54) is 11.3 Å². The molecule has 0 spiro atoms. The number of carbonyl (C=O) groups excluding carboxylic acids is 1. The number of carbonyl (C=O) groups is 1. The van der Waals surface area contributed by atoms with Crippen LogP contribution in [0.2, 0.25) is 5.02 Å². The maximum atomic E-state index is 12.7. The number of rotatable bonds is 3. The molecule has 2 heterocycles. The Morgan fingerprint density at radius 1 is 1.38 bits per heavy atom. The van der Waals surface area contributed by atoms with Crippen LogP contribution < -0.4 is 9.80 Å². The molecule has 1 amide bonds. The number of anilines is 2. The molecule has 0 unspecified atom stereocenters. The van der Waals surface area contributed by atoms with Gasteiger partial charge in [0, 0.05) is 13.6 Å². The monoisotopic (exact) mass is 322 g/mol. The van der Waals surface area contributed by atoms with Crippen LogP contribution in [0.1, 0.15) is 11.4 Å². The molecule has 0 bridgehead atoms. The van der Waals surface area contributed by atoms with Crippen LogP contribution >= 0.6 is 22.9 Å². The summed E-state index contributed by atoms with van der Waals surface area (Å²) in [5.41, 5.74) is 0.772. The van der Waals surface area contributed by atoms with Gasteiger partial charge in [-0.25, -0.2) is 0 Å². The van der Waals surface area contributed by atoms with Gasteiger partial charge in [-0.1, -0.05) is 35.1 Å². The van der Waals surface area contributed by atoms with E-state index in [1.807, 2.05) is 37.1 Å². The van der Waals surface area contributed by atoms with Crippen molar-refractivity contribution >= 4 is 39.7 Å². The van der Waals surface area contributed by atoms with Crippen molar-refractivity contribution in [2.75, 3.05) is 23.4 Å². The standard InChI is InChI=1S/C14H15ClN4OS/c1-9-16-17-14(21-9)18(2)12-7-8-19(13(12)20)11-6-4-3-5-10(11)15/h3-6,12H,7-8H2,1-2H3/t12-/m1/s1. The summed E-state index contributed by atoms with van der Waals surface area (Å²) in [4.78, 5) is 16.3. The quantitative estimate of drug-likeness (QED) is 0.872. The van der Waals surface area contributed by atoms with Crippen LogP contribution in [0.3, 0.4) is 0 Å². The highest BCUT2D eigenvalue weighted by atomic mass is 35.5. The molecule has 5 nitrogen and oxygen atoms in total. The number of halogens is 1. The van der Waals surface area contributed by atoms with Gasteiger partial charge in [0.25, 0.3) is 0 Å². The van der Waals surface area contributed by atoms with E-state index in [1.54, 1.807) is 11.0 Å². The predicted octanol–water partition coefficient (Wildman–Crippen LogP) is 2.74. The second-order valence-corrected chi connectivity index (χ2v) is 6.53. The molecule has 1 fully saturated rings. The largest absolute Gasteiger partial charge is 0.338 e. The van der Waals surface area contributed by atoms with Gasteiger partial charge in [0.15, 0.2) is 0 Å². The zero-order valence-corrected chi connectivity index (χ0v) is 13.4. The predicted molar refractivity (Wildman–Crippen MR) is 85.3 cm³/mol. The molecule has 110 valence electrons. The van der Waals surface area contributed by atoms with E-state index in [0.717, 1.165) is 22.2 Å². The molecule has 0 radical (unpaired) electrons. The fraction of sp³-hybridized carbons (Fsp3) is 0.357. The number of likely N-dealkylation sites (N-methyl/N-ethyl adjacent to an activating group) is 1. The molecular formula is C14H15ClN4OS. The molecule has 1 aliphatic rings. The van der Waals surface area contributed by atoms with E-state index < -0.39 is 0 Å². The molecular weight excluding hydrogens is 308 g/mol. The highest BCUT2D eigenvalue weighted by Crippen LogP contribution is 2.32. The second-order valence-electron chi connectivity index (χ2n) is 4.96. The van der Waals surface area contributed by atoms with Gasteiger partial charge in [-0.05, 0) is 25.5 Å². The second kappa shape index (κ2) is 5.61. The van der Waals surface area contributed by atoms with Crippen LogP contribution in [0.5, 0.6) is 0 Å². The smallest absolute Gasteiger partial charge is 0.249 e. The molecule has 1 saturated heterocycles. The third-order valence-electron chi connectivity index (χ3n) is 3.61. The number of aryl methyl sites for hydroxylation is 1. The third-order valence-corrected chi connectivity index (χ3v) is 4.85. The van der Waals surface area contributed by atoms with Crippen LogP contribution in [0, 0.1) is 6.92 Å². The molecule has 0 saturated carbocycles. The topological polar surface area (TPSA) is 49.3 Å². The van der Waals surface area contributed by atoms with Crippen molar-refractivity contribution < 1.29 is 4.79 Å². The Hall–Kier alpha value is -1.66. The molecule has 3 rings (SSSR count). The van der Waals surface area contributed by atoms with E-state index >= 15 is 0 Å². The fourth-order valence-electron chi connectivity index (χ4n) is 2.50. The van der Waals surface area contributed by atoms with E-state index in [0.29, 0.717) is 11.6 Å². The Bertz CT molecular complexity index is 674. The van der Waals surface area contributed by atoms with Gasteiger partial charge in [0.2, 0.25) is 11.0 Å². The van der Waals surface area contributed by atoms with Crippen LogP contribution in [0.15, 0.2) is 24.3 Å². The van der Waals surface area contributed by atoms with Crippen molar-refractivity contribution in [3.8, 4) is 0 Å². The first-order valence-electron chi connectivity index (χ1n) is 6.67. The van der Waals surface area contributed by atoms with Gasteiger partial charge < -0.3 is 9.80 Å². The van der Waals surface area contributed by atoms with Crippen molar-refractivity contribution in [2.45, 2.75) is 19.4 Å². The molecule has 1 aromatic heterocycles. The molecule has 1 aromatic carbocycles. The van der Waals surface area contributed by atoms with Gasteiger partial charge in [-0.2, -0.15) is 0 Å². The Morgan fingerprint density at radius 2 is 2.14 bits per heavy atom. The number of benzene rings is 1. The lowest BCUT2D eigenvalue weighted by Crippen LogP contribution is -2.39. The highest BCUT2D eigenvalue weighted by Gasteiger charge is 2.37. The van der Waals surface area contributed by atoms with E-state index in [9.17, 15) is 4.79 Å². The maximum absolute atomic E-state index is 12.7. The zero-order chi connectivity index (χ0) is 15.0. The van der Waals surface area contributed by atoms with Gasteiger partial charge in [0.05, 0.1) is 10.7 Å². The zero-order valence-electron chi connectivity index (χ0n) is 11.8. The number of nitrogens with zero attached hydrogens (tertiary/aromatic N) is 4. The Balaban J connectivity index is 1.82. The van der Waals surface area contributed by atoms with Crippen molar-refractivity contribution in [2.24, 2.45) is 0 Å². The average Bonchev–Trinajstić information content (AvgIpc) is 3.05. The van der Waals surface area contributed by atoms with Gasteiger partial charge in [0.1, 0.15) is 11.0 Å². The molecule has 2 aromatic rings. The molecule has 21 heavy (non-hydrogen) atoms. The first-order chi connectivity index (χ1) is 10.1. The minimum Gasteiger partial charge on any atom is -0.338 e. The minimum absolute atomic E-state index is 0.0541. The number of para-hydroxylation sites is 1. The van der Waals surface area contributed by atoms with Crippen LogP contribution in [0.25, 0.3) is 0 Å². The Morgan fingerprint density at radius 3 is 2.81 bits per heavy atom.